The van der Waals surface area contributed by atoms with E-state index in [0.29, 0.717) is 24.2 Å². The number of hydrogen-bond donors (Lipinski definition) is 2. The molecule has 104 valence electrons. The van der Waals surface area contributed by atoms with Gasteiger partial charge in [-0.25, -0.2) is 9.78 Å². The Balaban J connectivity index is 2.90. The van der Waals surface area contributed by atoms with Crippen molar-refractivity contribution < 1.29 is 14.8 Å². The molecule has 0 saturated heterocycles. The Labute approximate surface area is 110 Å². The summed E-state index contributed by atoms with van der Waals surface area (Å²) in [6.45, 7) is 6.85. The third-order valence-corrected chi connectivity index (χ3v) is 3.05. The lowest BCUT2D eigenvalue weighted by atomic mass is 9.98. The molecule has 0 bridgehead atoms. The van der Waals surface area contributed by atoms with Gasteiger partial charge < -0.3 is 10.4 Å². The number of hydrogen-bond acceptors (Lipinski definition) is 5. The smallest absolute Gasteiger partial charge is 0.342 e. The van der Waals surface area contributed by atoms with E-state index in [2.05, 4.69) is 31.1 Å². The zero-order valence-electron chi connectivity index (χ0n) is 11.1. The fraction of sp³-hybridized carbons (Fsp3) is 0.500. The van der Waals surface area contributed by atoms with Crippen molar-refractivity contribution in [3.05, 3.63) is 27.9 Å². The SMILES string of the molecule is CC(C)C(C)CNc1cc(C(=O)O)c([N+](=O)[O-])cn1. The van der Waals surface area contributed by atoms with Crippen LogP contribution in [0.25, 0.3) is 0 Å². The molecule has 0 fully saturated rings. The number of nitro groups is 1. The Morgan fingerprint density at radius 2 is 2.16 bits per heavy atom. The van der Waals surface area contributed by atoms with Crippen LogP contribution in [-0.2, 0) is 0 Å². The molecule has 0 aromatic carbocycles. The first-order valence-corrected chi connectivity index (χ1v) is 5.94. The lowest BCUT2D eigenvalue weighted by molar-refractivity contribution is -0.385. The fourth-order valence-electron chi connectivity index (χ4n) is 1.36. The van der Waals surface area contributed by atoms with Crippen LogP contribution in [0.2, 0.25) is 0 Å². The second-order valence-corrected chi connectivity index (χ2v) is 4.75. The van der Waals surface area contributed by atoms with Gasteiger partial charge in [0, 0.05) is 12.6 Å². The van der Waals surface area contributed by atoms with Crippen molar-refractivity contribution in [1.29, 1.82) is 0 Å². The largest absolute Gasteiger partial charge is 0.477 e. The molecular formula is C12H17N3O4. The van der Waals surface area contributed by atoms with E-state index < -0.39 is 16.6 Å². The highest BCUT2D eigenvalue weighted by atomic mass is 16.6. The molecule has 7 heteroatoms. The van der Waals surface area contributed by atoms with Gasteiger partial charge in [-0.05, 0) is 11.8 Å². The molecule has 1 rings (SSSR count). The van der Waals surface area contributed by atoms with Gasteiger partial charge in [0.25, 0.3) is 0 Å². The maximum Gasteiger partial charge on any atom is 0.342 e. The molecule has 2 N–H and O–H groups in total. The van der Waals surface area contributed by atoms with Gasteiger partial charge in [0.2, 0.25) is 0 Å². The van der Waals surface area contributed by atoms with Gasteiger partial charge in [-0.15, -0.1) is 0 Å². The van der Waals surface area contributed by atoms with E-state index in [0.717, 1.165) is 6.20 Å². The van der Waals surface area contributed by atoms with Gasteiger partial charge in [0.15, 0.2) is 0 Å². The Hall–Kier alpha value is -2.18. The highest BCUT2D eigenvalue weighted by molar-refractivity contribution is 5.93. The number of aromatic nitrogens is 1. The van der Waals surface area contributed by atoms with Crippen molar-refractivity contribution in [3.8, 4) is 0 Å². The van der Waals surface area contributed by atoms with Crippen LogP contribution in [-0.4, -0.2) is 27.5 Å². The molecule has 1 heterocycles. The van der Waals surface area contributed by atoms with Crippen LogP contribution in [0.1, 0.15) is 31.1 Å². The summed E-state index contributed by atoms with van der Waals surface area (Å²) in [6, 6.07) is 1.19. The number of aromatic carboxylic acids is 1. The van der Waals surface area contributed by atoms with Crippen molar-refractivity contribution in [2.45, 2.75) is 20.8 Å². The van der Waals surface area contributed by atoms with Gasteiger partial charge in [-0.1, -0.05) is 20.8 Å². The van der Waals surface area contributed by atoms with E-state index in [4.69, 9.17) is 5.11 Å². The van der Waals surface area contributed by atoms with E-state index in [1.54, 1.807) is 0 Å². The van der Waals surface area contributed by atoms with E-state index in [1.165, 1.54) is 6.07 Å². The lowest BCUT2D eigenvalue weighted by Crippen LogP contribution is -2.17. The quantitative estimate of drug-likeness (QED) is 0.605. The molecule has 0 amide bonds. The van der Waals surface area contributed by atoms with Crippen LogP contribution < -0.4 is 5.32 Å². The maximum absolute atomic E-state index is 11.0. The first kappa shape index (κ1) is 14.9. The van der Waals surface area contributed by atoms with Crippen LogP contribution >= 0.6 is 0 Å². The molecule has 1 unspecified atom stereocenters. The standard InChI is InChI=1S/C12H17N3O4/c1-7(2)8(3)5-13-11-4-9(12(16)17)10(6-14-11)15(18)19/h4,6-8H,5H2,1-3H3,(H,13,14)(H,16,17). The number of anilines is 1. The van der Waals surface area contributed by atoms with Crippen molar-refractivity contribution in [3.63, 3.8) is 0 Å². The summed E-state index contributed by atoms with van der Waals surface area (Å²) in [4.78, 5) is 24.7. The van der Waals surface area contributed by atoms with Crippen LogP contribution in [0, 0.1) is 22.0 Å². The molecule has 1 atom stereocenters. The Bertz CT molecular complexity index is 488. The topological polar surface area (TPSA) is 105 Å². The number of rotatable bonds is 6. The highest BCUT2D eigenvalue weighted by Gasteiger charge is 2.21. The Kier molecular flexibility index (Phi) is 4.80. The molecule has 1 aromatic rings. The fourth-order valence-corrected chi connectivity index (χ4v) is 1.36. The first-order valence-electron chi connectivity index (χ1n) is 5.94. The van der Waals surface area contributed by atoms with Gasteiger partial charge in [-0.3, -0.25) is 10.1 Å². The zero-order chi connectivity index (χ0) is 14.6. The molecule has 0 saturated carbocycles. The third kappa shape index (κ3) is 3.90. The minimum atomic E-state index is -1.34. The number of nitrogens with zero attached hydrogens (tertiary/aromatic N) is 2. The minimum Gasteiger partial charge on any atom is -0.477 e. The molecule has 0 aliphatic carbocycles. The number of pyridine rings is 1. The average molecular weight is 267 g/mol. The summed E-state index contributed by atoms with van der Waals surface area (Å²) >= 11 is 0. The van der Waals surface area contributed by atoms with Crippen molar-refractivity contribution in [2.24, 2.45) is 11.8 Å². The van der Waals surface area contributed by atoms with Gasteiger partial charge in [-0.2, -0.15) is 0 Å². The summed E-state index contributed by atoms with van der Waals surface area (Å²) in [5.41, 5.74) is -0.866. The minimum absolute atomic E-state index is 0.329. The zero-order valence-corrected chi connectivity index (χ0v) is 11.1. The first-order chi connectivity index (χ1) is 8.82. The van der Waals surface area contributed by atoms with Crippen LogP contribution in [0.3, 0.4) is 0 Å². The average Bonchev–Trinajstić information content (AvgIpc) is 2.35. The summed E-state index contributed by atoms with van der Waals surface area (Å²) in [6.07, 6.45) is 0.964. The Morgan fingerprint density at radius 1 is 1.53 bits per heavy atom. The second-order valence-electron chi connectivity index (χ2n) is 4.75. The predicted molar refractivity (Wildman–Crippen MR) is 70.3 cm³/mol. The van der Waals surface area contributed by atoms with Crippen LogP contribution in [0.15, 0.2) is 12.3 Å². The van der Waals surface area contributed by atoms with E-state index in [1.807, 2.05) is 0 Å². The number of nitrogens with one attached hydrogen (secondary N) is 1. The molecule has 0 aliphatic rings. The molecule has 0 spiro atoms. The normalized spacial score (nSPS) is 12.2. The van der Waals surface area contributed by atoms with Crippen molar-refractivity contribution in [2.75, 3.05) is 11.9 Å². The summed E-state index contributed by atoms with van der Waals surface area (Å²) in [5.74, 6) is -0.153. The van der Waals surface area contributed by atoms with Gasteiger partial charge >= 0.3 is 11.7 Å². The molecule has 19 heavy (non-hydrogen) atoms. The van der Waals surface area contributed by atoms with E-state index >= 15 is 0 Å². The molecular weight excluding hydrogens is 250 g/mol. The number of carboxylic acid groups (broad SMARTS) is 1. The lowest BCUT2D eigenvalue weighted by Gasteiger charge is -2.16. The number of carbonyl (C=O) groups is 1. The highest BCUT2D eigenvalue weighted by Crippen LogP contribution is 2.20. The Morgan fingerprint density at radius 3 is 2.63 bits per heavy atom. The molecule has 7 nitrogen and oxygen atoms in total. The van der Waals surface area contributed by atoms with Crippen LogP contribution in [0.5, 0.6) is 0 Å². The second kappa shape index (κ2) is 6.12. The maximum atomic E-state index is 11.0. The molecule has 1 aromatic heterocycles. The van der Waals surface area contributed by atoms with Gasteiger partial charge in [0.05, 0.1) is 4.92 Å². The van der Waals surface area contributed by atoms with Crippen molar-refractivity contribution in [1.82, 2.24) is 4.98 Å². The summed E-state index contributed by atoms with van der Waals surface area (Å²) in [7, 11) is 0. The van der Waals surface area contributed by atoms with E-state index in [9.17, 15) is 14.9 Å². The van der Waals surface area contributed by atoms with Crippen molar-refractivity contribution >= 4 is 17.5 Å². The third-order valence-electron chi connectivity index (χ3n) is 3.05. The molecule has 0 aliphatic heterocycles. The number of carboxylic acids is 1. The summed E-state index contributed by atoms with van der Waals surface area (Å²) < 4.78 is 0. The van der Waals surface area contributed by atoms with Gasteiger partial charge in [0.1, 0.15) is 17.6 Å². The molecule has 0 radical (unpaired) electrons. The monoisotopic (exact) mass is 267 g/mol. The predicted octanol–water partition coefficient (Wildman–Crippen LogP) is 2.39. The van der Waals surface area contributed by atoms with Crippen LogP contribution in [0.4, 0.5) is 11.5 Å². The van der Waals surface area contributed by atoms with E-state index in [-0.39, 0.29) is 5.56 Å². The summed E-state index contributed by atoms with van der Waals surface area (Å²) in [5, 5.41) is 22.6.